The lowest BCUT2D eigenvalue weighted by molar-refractivity contribution is -0.116. The molecule has 0 bridgehead atoms. The highest BCUT2D eigenvalue weighted by Crippen LogP contribution is 2.35. The van der Waals surface area contributed by atoms with E-state index in [0.717, 1.165) is 30.0 Å². The number of aromatic nitrogens is 1. The van der Waals surface area contributed by atoms with Crippen LogP contribution in [0.3, 0.4) is 0 Å². The molecule has 0 unspecified atom stereocenters. The van der Waals surface area contributed by atoms with Gasteiger partial charge in [-0.25, -0.2) is 4.98 Å². The highest BCUT2D eigenvalue weighted by atomic mass is 127. The second-order valence-corrected chi connectivity index (χ2v) is 8.10. The number of carbonyl (C=O) groups excluding carboxylic acids is 1. The highest BCUT2D eigenvalue weighted by Gasteiger charge is 2.14. The Morgan fingerprint density at radius 2 is 2.04 bits per heavy atom. The van der Waals surface area contributed by atoms with Crippen LogP contribution >= 0.6 is 33.9 Å². The average Bonchev–Trinajstić information content (AvgIpc) is 2.92. The average molecular weight is 436 g/mol. The number of rotatable bonds is 4. The normalized spacial score (nSPS) is 11.1. The summed E-state index contributed by atoms with van der Waals surface area (Å²) < 4.78 is 2.28. The fourth-order valence-corrected chi connectivity index (χ4v) is 3.85. The number of amides is 1. The van der Waals surface area contributed by atoms with E-state index in [0.29, 0.717) is 12.3 Å². The first-order valence-corrected chi connectivity index (χ1v) is 9.38. The number of hydrogen-bond donors (Lipinski definition) is 1. The summed E-state index contributed by atoms with van der Waals surface area (Å²) >= 11 is 3.93. The molecule has 1 aromatic heterocycles. The number of thiazole rings is 1. The molecule has 3 aromatic rings. The number of nitrogens with one attached hydrogen (secondary N) is 1. The molecule has 0 fully saturated rings. The van der Waals surface area contributed by atoms with Crippen LogP contribution in [0.5, 0.6) is 0 Å². The molecule has 0 saturated carbocycles. The highest BCUT2D eigenvalue weighted by molar-refractivity contribution is 14.1. The largest absolute Gasteiger partial charge is 0.325 e. The summed E-state index contributed by atoms with van der Waals surface area (Å²) in [7, 11) is 0. The van der Waals surface area contributed by atoms with Gasteiger partial charge in [0.05, 0.1) is 15.9 Å². The predicted octanol–water partition coefficient (Wildman–Crippen LogP) is 5.55. The predicted molar refractivity (Wildman–Crippen MR) is 106 cm³/mol. The summed E-state index contributed by atoms with van der Waals surface area (Å²) in [6.45, 7) is 4.09. The van der Waals surface area contributed by atoms with Crippen molar-refractivity contribution in [3.63, 3.8) is 0 Å². The molecule has 0 saturated heterocycles. The summed E-state index contributed by atoms with van der Waals surface area (Å²) in [6, 6.07) is 14.1. The molecule has 0 atom stereocenters. The number of anilines is 1. The maximum Gasteiger partial charge on any atom is 0.224 e. The molecule has 1 N–H and O–H groups in total. The van der Waals surface area contributed by atoms with Crippen LogP contribution in [-0.2, 0) is 4.79 Å². The van der Waals surface area contributed by atoms with Crippen LogP contribution in [0.25, 0.3) is 20.8 Å². The van der Waals surface area contributed by atoms with Gasteiger partial charge in [0.2, 0.25) is 5.91 Å². The zero-order chi connectivity index (χ0) is 16.4. The minimum atomic E-state index is 0.0450. The van der Waals surface area contributed by atoms with E-state index >= 15 is 0 Å². The van der Waals surface area contributed by atoms with Crippen molar-refractivity contribution in [2.45, 2.75) is 20.3 Å². The van der Waals surface area contributed by atoms with Crippen LogP contribution in [0.1, 0.15) is 20.3 Å². The first-order valence-electron chi connectivity index (χ1n) is 7.48. The van der Waals surface area contributed by atoms with Gasteiger partial charge in [-0.3, -0.25) is 4.79 Å². The van der Waals surface area contributed by atoms with Gasteiger partial charge < -0.3 is 5.32 Å². The Balaban J connectivity index is 2.00. The minimum absolute atomic E-state index is 0.0450. The van der Waals surface area contributed by atoms with Crippen LogP contribution in [-0.4, -0.2) is 10.9 Å². The molecule has 3 nitrogen and oxygen atoms in total. The van der Waals surface area contributed by atoms with Crippen LogP contribution in [0.2, 0.25) is 0 Å². The van der Waals surface area contributed by atoms with E-state index in [4.69, 9.17) is 4.98 Å². The second kappa shape index (κ2) is 6.97. The summed E-state index contributed by atoms with van der Waals surface area (Å²) in [5, 5.41) is 3.97. The lowest BCUT2D eigenvalue weighted by atomic mass is 10.1. The molecule has 0 aliphatic rings. The van der Waals surface area contributed by atoms with E-state index in [9.17, 15) is 4.79 Å². The SMILES string of the molecule is CC(C)CC(=O)Nc1ccc(I)cc1-c1nc2ccccc2s1. The number of carbonyl (C=O) groups is 1. The molecular formula is C18H17IN2OS. The first kappa shape index (κ1) is 16.4. The lowest BCUT2D eigenvalue weighted by Gasteiger charge is -2.11. The van der Waals surface area contributed by atoms with Crippen LogP contribution in [0.4, 0.5) is 5.69 Å². The second-order valence-electron chi connectivity index (χ2n) is 5.82. The quantitative estimate of drug-likeness (QED) is 0.545. The topological polar surface area (TPSA) is 42.0 Å². The van der Waals surface area contributed by atoms with Crippen LogP contribution in [0, 0.1) is 9.49 Å². The van der Waals surface area contributed by atoms with Crippen LogP contribution < -0.4 is 5.32 Å². The minimum Gasteiger partial charge on any atom is -0.325 e. The molecule has 0 spiro atoms. The Labute approximate surface area is 153 Å². The molecule has 0 aliphatic heterocycles. The molecule has 0 aliphatic carbocycles. The van der Waals surface area contributed by atoms with Gasteiger partial charge in [-0.1, -0.05) is 26.0 Å². The number of halogens is 1. The van der Waals surface area contributed by atoms with Crippen molar-refractivity contribution in [3.05, 3.63) is 46.0 Å². The third-order valence-electron chi connectivity index (χ3n) is 3.37. The van der Waals surface area contributed by atoms with E-state index in [-0.39, 0.29) is 5.91 Å². The summed E-state index contributed by atoms with van der Waals surface area (Å²) in [5.74, 6) is 0.383. The standard InChI is InChI=1S/C18H17IN2OS/c1-11(2)9-17(22)20-14-8-7-12(19)10-13(14)18-21-15-5-3-4-6-16(15)23-18/h3-8,10-11H,9H2,1-2H3,(H,20,22). The number of hydrogen-bond acceptors (Lipinski definition) is 3. The Kier molecular flexibility index (Phi) is 4.96. The fraction of sp³-hybridized carbons (Fsp3) is 0.222. The number of para-hydroxylation sites is 1. The van der Waals surface area contributed by atoms with Gasteiger partial charge in [0.25, 0.3) is 0 Å². The van der Waals surface area contributed by atoms with Crippen molar-refractivity contribution < 1.29 is 4.79 Å². The third kappa shape index (κ3) is 3.90. The Hall–Kier alpha value is -1.47. The van der Waals surface area contributed by atoms with Crippen molar-refractivity contribution in [3.8, 4) is 10.6 Å². The van der Waals surface area contributed by atoms with E-state index in [1.807, 2.05) is 44.2 Å². The molecule has 0 radical (unpaired) electrons. The smallest absolute Gasteiger partial charge is 0.224 e. The molecule has 1 amide bonds. The van der Waals surface area contributed by atoms with Gasteiger partial charge in [0.15, 0.2) is 0 Å². The Bertz CT molecular complexity index is 824. The number of benzene rings is 2. The van der Waals surface area contributed by atoms with E-state index < -0.39 is 0 Å². The van der Waals surface area contributed by atoms with Crippen molar-refractivity contribution in [2.24, 2.45) is 5.92 Å². The van der Waals surface area contributed by atoms with E-state index in [1.165, 1.54) is 0 Å². The van der Waals surface area contributed by atoms with Crippen molar-refractivity contribution in [1.29, 1.82) is 0 Å². The molecule has 118 valence electrons. The van der Waals surface area contributed by atoms with E-state index in [2.05, 4.69) is 40.0 Å². The van der Waals surface area contributed by atoms with Crippen molar-refractivity contribution >= 4 is 55.7 Å². The van der Waals surface area contributed by atoms with Crippen molar-refractivity contribution in [2.75, 3.05) is 5.32 Å². The zero-order valence-corrected chi connectivity index (χ0v) is 15.9. The summed E-state index contributed by atoms with van der Waals surface area (Å²) in [5.41, 5.74) is 2.80. The van der Waals surface area contributed by atoms with Crippen molar-refractivity contribution in [1.82, 2.24) is 4.98 Å². The lowest BCUT2D eigenvalue weighted by Crippen LogP contribution is -2.14. The van der Waals surface area contributed by atoms with Gasteiger partial charge in [-0.15, -0.1) is 11.3 Å². The molecular weight excluding hydrogens is 419 g/mol. The molecule has 2 aromatic carbocycles. The fourth-order valence-electron chi connectivity index (χ4n) is 2.36. The van der Waals surface area contributed by atoms with Gasteiger partial charge >= 0.3 is 0 Å². The monoisotopic (exact) mass is 436 g/mol. The zero-order valence-electron chi connectivity index (χ0n) is 13.0. The van der Waals surface area contributed by atoms with Gasteiger partial charge in [0.1, 0.15) is 5.01 Å². The Morgan fingerprint density at radius 1 is 1.26 bits per heavy atom. The first-order chi connectivity index (χ1) is 11.0. The summed E-state index contributed by atoms with van der Waals surface area (Å²) in [6.07, 6.45) is 0.519. The van der Waals surface area contributed by atoms with E-state index in [1.54, 1.807) is 11.3 Å². The van der Waals surface area contributed by atoms with Gasteiger partial charge in [-0.2, -0.15) is 0 Å². The molecule has 5 heteroatoms. The van der Waals surface area contributed by atoms with Gasteiger partial charge in [0, 0.05) is 15.6 Å². The molecule has 1 heterocycles. The van der Waals surface area contributed by atoms with Gasteiger partial charge in [-0.05, 0) is 58.8 Å². The number of nitrogens with zero attached hydrogens (tertiary/aromatic N) is 1. The number of fused-ring (bicyclic) bond motifs is 1. The third-order valence-corrected chi connectivity index (χ3v) is 5.11. The molecule has 23 heavy (non-hydrogen) atoms. The molecule has 3 rings (SSSR count). The maximum absolute atomic E-state index is 12.1. The summed E-state index contributed by atoms with van der Waals surface area (Å²) in [4.78, 5) is 16.9. The Morgan fingerprint density at radius 3 is 2.78 bits per heavy atom. The maximum atomic E-state index is 12.1. The van der Waals surface area contributed by atoms with Crippen LogP contribution in [0.15, 0.2) is 42.5 Å².